The van der Waals surface area contributed by atoms with Gasteiger partial charge in [-0.3, -0.25) is 9.36 Å². The Hall–Kier alpha value is -3.15. The van der Waals surface area contributed by atoms with Gasteiger partial charge in [0.05, 0.1) is 0 Å². The van der Waals surface area contributed by atoms with E-state index in [4.69, 9.17) is 0 Å². The Bertz CT molecular complexity index is 855. The summed E-state index contributed by atoms with van der Waals surface area (Å²) in [5, 5.41) is 3.16. The number of para-hydroxylation sites is 1. The molecule has 1 amide bonds. The second-order valence-electron chi connectivity index (χ2n) is 6.44. The predicted molar refractivity (Wildman–Crippen MR) is 101 cm³/mol. The highest BCUT2D eigenvalue weighted by molar-refractivity contribution is 5.94. The summed E-state index contributed by atoms with van der Waals surface area (Å²) in [6, 6.07) is 14.1. The van der Waals surface area contributed by atoms with Crippen LogP contribution in [0.3, 0.4) is 0 Å². The van der Waals surface area contributed by atoms with Gasteiger partial charge in [-0.2, -0.15) is 0 Å². The minimum Gasteiger partial charge on any atom is -0.371 e. The minimum absolute atomic E-state index is 0.0491. The fraction of sp³-hybridized carbons (Fsp3) is 0.250. The number of hydrogen-bond acceptors (Lipinski definition) is 4. The van der Waals surface area contributed by atoms with Gasteiger partial charge in [0.15, 0.2) is 0 Å². The summed E-state index contributed by atoms with van der Waals surface area (Å²) in [5.74, 6) is 0.640. The zero-order chi connectivity index (χ0) is 17.8. The molecule has 1 saturated heterocycles. The second-order valence-corrected chi connectivity index (χ2v) is 6.44. The van der Waals surface area contributed by atoms with E-state index < -0.39 is 0 Å². The van der Waals surface area contributed by atoms with Crippen LogP contribution in [0.5, 0.6) is 0 Å². The quantitative estimate of drug-likeness (QED) is 0.788. The molecule has 0 unspecified atom stereocenters. The second kappa shape index (κ2) is 7.39. The Balaban J connectivity index is 1.37. The van der Waals surface area contributed by atoms with Crippen molar-refractivity contribution >= 4 is 11.6 Å². The summed E-state index contributed by atoms with van der Waals surface area (Å²) in [7, 11) is 0. The van der Waals surface area contributed by atoms with Gasteiger partial charge in [0.1, 0.15) is 12.1 Å². The number of anilines is 1. The van der Waals surface area contributed by atoms with Crippen LogP contribution in [0.1, 0.15) is 23.2 Å². The summed E-state index contributed by atoms with van der Waals surface area (Å²) >= 11 is 0. The third-order valence-corrected chi connectivity index (χ3v) is 4.73. The summed E-state index contributed by atoms with van der Waals surface area (Å²) in [6.45, 7) is 1.90. The Kier molecular flexibility index (Phi) is 4.64. The highest BCUT2D eigenvalue weighted by Gasteiger charge is 2.21. The van der Waals surface area contributed by atoms with Crippen LogP contribution in [0.2, 0.25) is 0 Å². The molecule has 1 aliphatic heterocycles. The summed E-state index contributed by atoms with van der Waals surface area (Å²) in [4.78, 5) is 23.3. The average Bonchev–Trinajstić information content (AvgIpc) is 3.24. The van der Waals surface area contributed by atoms with Crippen LogP contribution in [-0.2, 0) is 0 Å². The SMILES string of the molecule is O=C(NC1CCN(c2ccccc2)CC1)c1ccnc(-n2ccnc2)c1. The number of pyridine rings is 1. The first kappa shape index (κ1) is 16.3. The van der Waals surface area contributed by atoms with Crippen molar-refractivity contribution in [1.29, 1.82) is 0 Å². The van der Waals surface area contributed by atoms with Gasteiger partial charge >= 0.3 is 0 Å². The molecule has 0 bridgehead atoms. The third kappa shape index (κ3) is 3.59. The molecule has 1 fully saturated rings. The maximum Gasteiger partial charge on any atom is 0.251 e. The number of nitrogens with zero attached hydrogens (tertiary/aromatic N) is 4. The number of nitrogens with one attached hydrogen (secondary N) is 1. The molecule has 4 rings (SSSR count). The largest absolute Gasteiger partial charge is 0.371 e. The van der Waals surface area contributed by atoms with Crippen molar-refractivity contribution in [3.05, 3.63) is 72.9 Å². The van der Waals surface area contributed by atoms with Crippen molar-refractivity contribution in [2.24, 2.45) is 0 Å². The Morgan fingerprint density at radius 2 is 1.88 bits per heavy atom. The number of aromatic nitrogens is 3. The third-order valence-electron chi connectivity index (χ3n) is 4.73. The van der Waals surface area contributed by atoms with Gasteiger partial charge in [-0.25, -0.2) is 9.97 Å². The van der Waals surface area contributed by atoms with E-state index in [-0.39, 0.29) is 11.9 Å². The van der Waals surface area contributed by atoms with Crippen molar-refractivity contribution in [2.75, 3.05) is 18.0 Å². The molecular weight excluding hydrogens is 326 g/mol. The molecule has 3 heterocycles. The number of carbonyl (C=O) groups excluding carboxylic acids is 1. The lowest BCUT2D eigenvalue weighted by molar-refractivity contribution is 0.0931. The van der Waals surface area contributed by atoms with Gasteiger partial charge < -0.3 is 10.2 Å². The number of imidazole rings is 1. The first-order valence-electron chi connectivity index (χ1n) is 8.85. The normalized spacial score (nSPS) is 15.0. The fourth-order valence-electron chi connectivity index (χ4n) is 3.29. The van der Waals surface area contributed by atoms with E-state index in [0.29, 0.717) is 11.4 Å². The summed E-state index contributed by atoms with van der Waals surface area (Å²) in [6.07, 6.45) is 8.71. The number of carbonyl (C=O) groups is 1. The van der Waals surface area contributed by atoms with Crippen molar-refractivity contribution in [3.8, 4) is 5.82 Å². The smallest absolute Gasteiger partial charge is 0.251 e. The molecule has 2 aromatic heterocycles. The van der Waals surface area contributed by atoms with Crippen LogP contribution >= 0.6 is 0 Å². The Labute approximate surface area is 152 Å². The molecule has 6 nitrogen and oxygen atoms in total. The lowest BCUT2D eigenvalue weighted by Gasteiger charge is -2.34. The highest BCUT2D eigenvalue weighted by Crippen LogP contribution is 2.19. The standard InChI is InChI=1S/C20H21N5O/c26-20(16-6-9-22-19(14-16)25-13-10-21-15-25)23-17-7-11-24(12-8-17)18-4-2-1-3-5-18/h1-6,9-10,13-15,17H,7-8,11-12H2,(H,23,26). The summed E-state index contributed by atoms with van der Waals surface area (Å²) in [5.41, 5.74) is 1.87. The number of benzene rings is 1. The molecule has 0 aliphatic carbocycles. The molecular formula is C20H21N5O. The zero-order valence-electron chi connectivity index (χ0n) is 14.5. The predicted octanol–water partition coefficient (Wildman–Crippen LogP) is 2.67. The van der Waals surface area contributed by atoms with E-state index >= 15 is 0 Å². The lowest BCUT2D eigenvalue weighted by atomic mass is 10.0. The van der Waals surface area contributed by atoms with Gasteiger partial charge in [0, 0.05) is 49.0 Å². The molecule has 3 aromatic rings. The first-order chi connectivity index (χ1) is 12.8. The average molecular weight is 347 g/mol. The molecule has 0 spiro atoms. The Morgan fingerprint density at radius 3 is 2.62 bits per heavy atom. The van der Waals surface area contributed by atoms with Gasteiger partial charge in [-0.05, 0) is 37.1 Å². The molecule has 1 N–H and O–H groups in total. The van der Waals surface area contributed by atoms with Crippen LogP contribution in [0.4, 0.5) is 5.69 Å². The van der Waals surface area contributed by atoms with Crippen molar-refractivity contribution in [2.45, 2.75) is 18.9 Å². The van der Waals surface area contributed by atoms with Crippen molar-refractivity contribution in [1.82, 2.24) is 19.9 Å². The maximum absolute atomic E-state index is 12.6. The molecule has 6 heteroatoms. The summed E-state index contributed by atoms with van der Waals surface area (Å²) < 4.78 is 1.79. The van der Waals surface area contributed by atoms with E-state index in [1.54, 1.807) is 35.4 Å². The van der Waals surface area contributed by atoms with Crippen LogP contribution in [0.25, 0.3) is 5.82 Å². The molecule has 132 valence electrons. The van der Waals surface area contributed by atoms with Crippen LogP contribution in [-0.4, -0.2) is 39.6 Å². The zero-order valence-corrected chi connectivity index (χ0v) is 14.5. The molecule has 26 heavy (non-hydrogen) atoms. The van der Waals surface area contributed by atoms with Gasteiger partial charge in [-0.1, -0.05) is 18.2 Å². The monoisotopic (exact) mass is 347 g/mol. The molecule has 1 aromatic carbocycles. The first-order valence-corrected chi connectivity index (χ1v) is 8.85. The lowest BCUT2D eigenvalue weighted by Crippen LogP contribution is -2.44. The fourth-order valence-corrected chi connectivity index (χ4v) is 3.29. The number of amides is 1. The molecule has 0 atom stereocenters. The molecule has 0 radical (unpaired) electrons. The number of rotatable bonds is 4. The maximum atomic E-state index is 12.6. The Morgan fingerprint density at radius 1 is 1.08 bits per heavy atom. The van der Waals surface area contributed by atoms with E-state index in [1.165, 1.54) is 5.69 Å². The topological polar surface area (TPSA) is 63.1 Å². The minimum atomic E-state index is -0.0491. The van der Waals surface area contributed by atoms with Crippen molar-refractivity contribution < 1.29 is 4.79 Å². The van der Waals surface area contributed by atoms with Crippen molar-refractivity contribution in [3.63, 3.8) is 0 Å². The van der Waals surface area contributed by atoms with Crippen LogP contribution in [0, 0.1) is 0 Å². The highest BCUT2D eigenvalue weighted by atomic mass is 16.1. The van der Waals surface area contributed by atoms with E-state index in [2.05, 4.69) is 44.5 Å². The van der Waals surface area contributed by atoms with E-state index in [1.807, 2.05) is 12.3 Å². The van der Waals surface area contributed by atoms with Crippen LogP contribution in [0.15, 0.2) is 67.4 Å². The van der Waals surface area contributed by atoms with Gasteiger partial charge in [0.25, 0.3) is 5.91 Å². The van der Waals surface area contributed by atoms with Gasteiger partial charge in [0.2, 0.25) is 0 Å². The van der Waals surface area contributed by atoms with E-state index in [0.717, 1.165) is 25.9 Å². The molecule has 1 aliphatic rings. The number of piperidine rings is 1. The number of hydrogen-bond donors (Lipinski definition) is 1. The van der Waals surface area contributed by atoms with Crippen LogP contribution < -0.4 is 10.2 Å². The van der Waals surface area contributed by atoms with E-state index in [9.17, 15) is 4.79 Å². The molecule has 0 saturated carbocycles. The van der Waals surface area contributed by atoms with Gasteiger partial charge in [-0.15, -0.1) is 0 Å².